The maximum absolute atomic E-state index is 5.36. The minimum atomic E-state index is -0.218. The number of nitrogens with zero attached hydrogens (tertiary/aromatic N) is 6. The first-order valence-electron chi connectivity index (χ1n) is 29.5. The van der Waals surface area contributed by atoms with E-state index in [1.54, 1.807) is 0 Å². The molecular formula is C80H56N6. The van der Waals surface area contributed by atoms with Gasteiger partial charge in [-0.1, -0.05) is 276 Å². The molecule has 0 radical (unpaired) electrons. The highest BCUT2D eigenvalue weighted by Gasteiger charge is 2.39. The lowest BCUT2D eigenvalue weighted by Gasteiger charge is -2.23. The Labute approximate surface area is 500 Å². The third kappa shape index (κ3) is 8.47. The SMILES string of the molecule is CC1(C)c2ccccc2-c2c1cc(-c1nc(-c3ccc(-c4ccccc4)cc3)nc(-c3ccc(-c4cccc(-c5ccc(-c6nc(-c7ccccc7)nc(-c7ccc8c(c7)C(C)(C)c7c-8ccc8ccccc78)n6)cc5)c4)cc3)n1)c1ccccc21. The van der Waals surface area contributed by atoms with Crippen LogP contribution in [0.25, 0.3) is 146 Å². The van der Waals surface area contributed by atoms with Gasteiger partial charge in [-0.3, -0.25) is 0 Å². The molecule has 86 heavy (non-hydrogen) atoms. The average molecular weight is 1100 g/mol. The fourth-order valence-electron chi connectivity index (χ4n) is 13.5. The van der Waals surface area contributed by atoms with Gasteiger partial charge in [0.15, 0.2) is 34.9 Å². The first-order chi connectivity index (χ1) is 42.1. The Morgan fingerprint density at radius 3 is 1.24 bits per heavy atom. The third-order valence-corrected chi connectivity index (χ3v) is 18.0. The van der Waals surface area contributed by atoms with Gasteiger partial charge < -0.3 is 0 Å². The van der Waals surface area contributed by atoms with E-state index in [4.69, 9.17) is 29.9 Å². The second kappa shape index (κ2) is 19.9. The zero-order valence-corrected chi connectivity index (χ0v) is 48.1. The van der Waals surface area contributed by atoms with E-state index in [2.05, 4.69) is 270 Å². The van der Waals surface area contributed by atoms with Gasteiger partial charge in [-0.05, 0) is 118 Å². The molecular weight excluding hydrogens is 1040 g/mol. The van der Waals surface area contributed by atoms with Gasteiger partial charge in [-0.15, -0.1) is 0 Å². The van der Waals surface area contributed by atoms with Crippen LogP contribution in [0, 0.1) is 0 Å². The number of hydrogen-bond acceptors (Lipinski definition) is 6. The summed E-state index contributed by atoms with van der Waals surface area (Å²) in [6.07, 6.45) is 0. The number of aromatic nitrogens is 6. The molecule has 2 aliphatic rings. The number of benzene rings is 12. The zero-order valence-electron chi connectivity index (χ0n) is 48.1. The summed E-state index contributed by atoms with van der Waals surface area (Å²) in [5.74, 6) is 3.78. The molecule has 0 aliphatic heterocycles. The number of hydrogen-bond donors (Lipinski definition) is 0. The standard InChI is InChI=1S/C80H56N6/c1-79(2)68-29-16-15-28-66(68)71-64-27-14-13-26-62(64)67(48-70(71)79)78-85-75(56-36-30-50(31-37-56)49-18-7-5-8-19-49)82-76(86-78)57-40-34-52(35-41-57)59-24-17-23-58(46-59)51-32-38-55(39-33-51)74-81-73(54-21-9-6-10-22-54)83-77(84-74)60-43-44-63-65-45-42-53-20-11-12-25-61(53)72(65)80(3,4)69(63)47-60/h5-48H,1-4H3. The summed E-state index contributed by atoms with van der Waals surface area (Å²) in [6.45, 7) is 9.33. The van der Waals surface area contributed by atoms with Crippen molar-refractivity contribution in [2.45, 2.75) is 38.5 Å². The first kappa shape index (κ1) is 50.9. The van der Waals surface area contributed by atoms with Crippen molar-refractivity contribution >= 4 is 21.5 Å². The Morgan fingerprint density at radius 1 is 0.221 bits per heavy atom. The van der Waals surface area contributed by atoms with Gasteiger partial charge in [0.2, 0.25) is 0 Å². The molecule has 0 saturated carbocycles. The molecule has 0 bridgehead atoms. The van der Waals surface area contributed by atoms with Gasteiger partial charge in [0.25, 0.3) is 0 Å². The van der Waals surface area contributed by atoms with E-state index >= 15 is 0 Å². The smallest absolute Gasteiger partial charge is 0.164 e. The first-order valence-corrected chi connectivity index (χ1v) is 29.5. The van der Waals surface area contributed by atoms with Crippen molar-refractivity contribution < 1.29 is 0 Å². The van der Waals surface area contributed by atoms with Gasteiger partial charge in [-0.2, -0.15) is 0 Å². The summed E-state index contributed by atoms with van der Waals surface area (Å²) >= 11 is 0. The van der Waals surface area contributed by atoms with Crippen LogP contribution < -0.4 is 0 Å². The zero-order chi connectivity index (χ0) is 57.7. The van der Waals surface area contributed by atoms with Gasteiger partial charge in [-0.25, -0.2) is 29.9 Å². The molecule has 0 saturated heterocycles. The quantitative estimate of drug-likeness (QED) is 0.143. The second-order valence-corrected chi connectivity index (χ2v) is 23.8. The van der Waals surface area contributed by atoms with E-state index < -0.39 is 0 Å². The molecule has 12 aromatic carbocycles. The molecule has 0 spiro atoms. The monoisotopic (exact) mass is 1100 g/mol. The summed E-state index contributed by atoms with van der Waals surface area (Å²) in [4.78, 5) is 31.4. The fourth-order valence-corrected chi connectivity index (χ4v) is 13.5. The van der Waals surface area contributed by atoms with Crippen LogP contribution in [-0.4, -0.2) is 29.9 Å². The Bertz CT molecular complexity index is 5010. The van der Waals surface area contributed by atoms with Crippen molar-refractivity contribution in [3.8, 4) is 124 Å². The lowest BCUT2D eigenvalue weighted by Crippen LogP contribution is -2.15. The Morgan fingerprint density at radius 2 is 0.640 bits per heavy atom. The van der Waals surface area contributed by atoms with Crippen LogP contribution in [-0.2, 0) is 10.8 Å². The minimum Gasteiger partial charge on any atom is -0.208 e. The van der Waals surface area contributed by atoms with E-state index in [1.165, 1.54) is 60.7 Å². The highest BCUT2D eigenvalue weighted by atomic mass is 15.0. The topological polar surface area (TPSA) is 77.3 Å². The Balaban J connectivity index is 0.726. The Kier molecular flexibility index (Phi) is 11.8. The molecule has 2 aliphatic carbocycles. The maximum atomic E-state index is 5.36. The molecule has 406 valence electrons. The van der Waals surface area contributed by atoms with Crippen molar-refractivity contribution in [3.63, 3.8) is 0 Å². The molecule has 6 nitrogen and oxygen atoms in total. The molecule has 0 amide bonds. The van der Waals surface area contributed by atoms with Crippen molar-refractivity contribution in [1.29, 1.82) is 0 Å². The Hall–Kier alpha value is -10.8. The summed E-state index contributed by atoms with van der Waals surface area (Å²) in [6, 6.07) is 94.9. The third-order valence-electron chi connectivity index (χ3n) is 18.0. The van der Waals surface area contributed by atoms with Crippen LogP contribution in [0.4, 0.5) is 0 Å². The highest BCUT2D eigenvalue weighted by Crippen LogP contribution is 2.54. The van der Waals surface area contributed by atoms with Crippen molar-refractivity contribution in [2.24, 2.45) is 0 Å². The van der Waals surface area contributed by atoms with E-state index in [-0.39, 0.29) is 10.8 Å². The van der Waals surface area contributed by atoms with Crippen molar-refractivity contribution in [3.05, 3.63) is 289 Å². The number of rotatable bonds is 9. The molecule has 6 heteroatoms. The summed E-state index contributed by atoms with van der Waals surface area (Å²) < 4.78 is 0. The molecule has 0 atom stereocenters. The summed E-state index contributed by atoms with van der Waals surface area (Å²) in [5.41, 5.74) is 22.2. The summed E-state index contributed by atoms with van der Waals surface area (Å²) in [5, 5.41) is 4.86. The van der Waals surface area contributed by atoms with Crippen molar-refractivity contribution in [2.75, 3.05) is 0 Å². The fraction of sp³-hybridized carbons (Fsp3) is 0.0750. The largest absolute Gasteiger partial charge is 0.208 e. The molecule has 2 heterocycles. The van der Waals surface area contributed by atoms with Crippen LogP contribution in [0.3, 0.4) is 0 Å². The molecule has 0 unspecified atom stereocenters. The van der Waals surface area contributed by atoms with Crippen LogP contribution >= 0.6 is 0 Å². The van der Waals surface area contributed by atoms with Crippen molar-refractivity contribution in [1.82, 2.24) is 29.9 Å². The predicted molar refractivity (Wildman–Crippen MR) is 352 cm³/mol. The van der Waals surface area contributed by atoms with E-state index in [0.29, 0.717) is 34.9 Å². The van der Waals surface area contributed by atoms with Gasteiger partial charge in [0.05, 0.1) is 0 Å². The summed E-state index contributed by atoms with van der Waals surface area (Å²) in [7, 11) is 0. The molecule has 16 rings (SSSR count). The molecule has 0 fully saturated rings. The van der Waals surface area contributed by atoms with Gasteiger partial charge >= 0.3 is 0 Å². The molecule has 0 N–H and O–H groups in total. The van der Waals surface area contributed by atoms with E-state index in [0.717, 1.165) is 72.1 Å². The maximum Gasteiger partial charge on any atom is 0.164 e. The highest BCUT2D eigenvalue weighted by molar-refractivity contribution is 6.08. The normalized spacial score (nSPS) is 13.3. The van der Waals surface area contributed by atoms with Crippen LogP contribution in [0.2, 0.25) is 0 Å². The van der Waals surface area contributed by atoms with Gasteiger partial charge in [0.1, 0.15) is 0 Å². The average Bonchev–Trinajstić information content (AvgIpc) is 1.59. The van der Waals surface area contributed by atoms with Crippen LogP contribution in [0.5, 0.6) is 0 Å². The van der Waals surface area contributed by atoms with Crippen LogP contribution in [0.1, 0.15) is 49.9 Å². The van der Waals surface area contributed by atoms with E-state index in [9.17, 15) is 0 Å². The predicted octanol–water partition coefficient (Wildman–Crippen LogP) is 20.0. The minimum absolute atomic E-state index is 0.215. The van der Waals surface area contributed by atoms with Crippen LogP contribution in [0.15, 0.2) is 267 Å². The number of fused-ring (bicyclic) bond motifs is 10. The lowest BCUT2D eigenvalue weighted by atomic mass is 9.80. The second-order valence-electron chi connectivity index (χ2n) is 23.8. The van der Waals surface area contributed by atoms with Gasteiger partial charge in [0, 0.05) is 44.2 Å². The lowest BCUT2D eigenvalue weighted by molar-refractivity contribution is 0.661. The molecule has 2 aromatic heterocycles. The molecule has 14 aromatic rings. The van der Waals surface area contributed by atoms with E-state index in [1.807, 2.05) is 24.3 Å².